The van der Waals surface area contributed by atoms with Crippen molar-refractivity contribution in [3.8, 4) is 5.75 Å². The number of rotatable bonds is 1. The van der Waals surface area contributed by atoms with E-state index in [9.17, 15) is 29.1 Å². The molecule has 1 aromatic rings. The number of Topliss-reactive ketones (excluding diaryl/α,β-unsaturated/α-hetero) is 1. The average molecular weight is 447 g/mol. The lowest BCUT2D eigenvalue weighted by Crippen LogP contribution is -2.40. The molecule has 4 aliphatic rings. The highest BCUT2D eigenvalue weighted by Gasteiger charge is 2.58. The van der Waals surface area contributed by atoms with Crippen LogP contribution in [-0.4, -0.2) is 46.6 Å². The Morgan fingerprint density at radius 2 is 1.88 bits per heavy atom. The molecule has 0 spiro atoms. The molecule has 0 aromatic heterocycles. The number of aromatic hydroxyl groups is 1. The minimum absolute atomic E-state index is 0.0105. The summed E-state index contributed by atoms with van der Waals surface area (Å²) in [6, 6.07) is 6.46. The number of amides is 3. The van der Waals surface area contributed by atoms with Crippen LogP contribution >= 0.6 is 0 Å². The second-order valence-electron chi connectivity index (χ2n) is 8.81. The van der Waals surface area contributed by atoms with Gasteiger partial charge in [-0.05, 0) is 49.5 Å². The van der Waals surface area contributed by atoms with Crippen molar-refractivity contribution in [1.29, 1.82) is 0 Å². The average Bonchev–Trinajstić information content (AvgIpc) is 3.05. The number of methoxy groups -OCH3 is 1. The molecule has 0 radical (unpaired) electrons. The Bertz CT molecular complexity index is 1250. The maximum absolute atomic E-state index is 13.2. The zero-order valence-electron chi connectivity index (χ0n) is 18.0. The van der Waals surface area contributed by atoms with Crippen LogP contribution in [0.15, 0.2) is 58.7 Å². The number of carbonyl (C=O) groups excluding carboxylic acids is 5. The summed E-state index contributed by atoms with van der Waals surface area (Å²) in [5, 5.41) is 10.1. The van der Waals surface area contributed by atoms with Gasteiger partial charge in [-0.15, -0.1) is 0 Å². The molecule has 1 heterocycles. The highest BCUT2D eigenvalue weighted by molar-refractivity contribution is 6.24. The van der Waals surface area contributed by atoms with Gasteiger partial charge in [-0.2, -0.15) is 4.90 Å². The number of phenolic OH excluding ortho intramolecular Hbond substituents is 1. The van der Waals surface area contributed by atoms with Crippen LogP contribution in [0.4, 0.5) is 4.79 Å². The van der Waals surface area contributed by atoms with Crippen molar-refractivity contribution >= 4 is 29.5 Å². The highest BCUT2D eigenvalue weighted by atomic mass is 16.5. The summed E-state index contributed by atoms with van der Waals surface area (Å²) in [6.45, 7) is 1.58. The number of carbonyl (C=O) groups is 5. The van der Waals surface area contributed by atoms with E-state index in [-0.39, 0.29) is 30.2 Å². The normalized spacial score (nSPS) is 28.7. The number of phenols is 1. The van der Waals surface area contributed by atoms with Gasteiger partial charge in [0.25, 0.3) is 0 Å². The fourth-order valence-corrected chi connectivity index (χ4v) is 5.74. The van der Waals surface area contributed by atoms with E-state index in [1.165, 1.54) is 18.2 Å². The molecular formula is C25H21NO7. The summed E-state index contributed by atoms with van der Waals surface area (Å²) >= 11 is 0. The predicted octanol–water partition coefficient (Wildman–Crippen LogP) is 2.59. The Hall–Kier alpha value is -3.81. The molecule has 1 aromatic carbocycles. The van der Waals surface area contributed by atoms with Crippen molar-refractivity contribution in [1.82, 2.24) is 4.90 Å². The third-order valence-corrected chi connectivity index (χ3v) is 7.12. The summed E-state index contributed by atoms with van der Waals surface area (Å²) < 4.78 is 4.64. The molecule has 8 heteroatoms. The van der Waals surface area contributed by atoms with E-state index < -0.39 is 41.6 Å². The standard InChI is InChI=1S/C25H21NO7/c1-11-8-18(28)21-17(22(11)29)10-16-14(19(21)12-4-3-5-13(27)9-12)6-7-15-20(16)24(31)26(23(15)30)25(32)33-2/h3-6,8-9,15-16,19-20,27H,7,10H2,1-2H3. The molecule has 1 aliphatic heterocycles. The van der Waals surface area contributed by atoms with E-state index in [1.807, 2.05) is 6.08 Å². The van der Waals surface area contributed by atoms with E-state index in [0.29, 0.717) is 27.2 Å². The number of hydrogen-bond donors (Lipinski definition) is 1. The number of hydrogen-bond acceptors (Lipinski definition) is 7. The summed E-state index contributed by atoms with van der Waals surface area (Å²) in [5.74, 6) is -4.53. The summed E-state index contributed by atoms with van der Waals surface area (Å²) in [7, 11) is 1.10. The third-order valence-electron chi connectivity index (χ3n) is 7.12. The molecule has 5 rings (SSSR count). The van der Waals surface area contributed by atoms with Gasteiger partial charge in [-0.25, -0.2) is 4.79 Å². The van der Waals surface area contributed by atoms with Crippen molar-refractivity contribution in [3.05, 3.63) is 64.3 Å². The first-order chi connectivity index (χ1) is 15.7. The predicted molar refractivity (Wildman–Crippen MR) is 114 cm³/mol. The van der Waals surface area contributed by atoms with Crippen LogP contribution in [0.2, 0.25) is 0 Å². The lowest BCUT2D eigenvalue weighted by molar-refractivity contribution is -0.137. The minimum atomic E-state index is -1.02. The van der Waals surface area contributed by atoms with Crippen molar-refractivity contribution in [2.45, 2.75) is 25.7 Å². The van der Waals surface area contributed by atoms with Crippen LogP contribution < -0.4 is 0 Å². The molecule has 3 aliphatic carbocycles. The lowest BCUT2D eigenvalue weighted by Gasteiger charge is -2.42. The number of nitrogens with zero attached hydrogens (tertiary/aromatic N) is 1. The van der Waals surface area contributed by atoms with E-state index >= 15 is 0 Å². The zero-order chi connectivity index (χ0) is 23.6. The number of imide groups is 3. The van der Waals surface area contributed by atoms with Crippen molar-refractivity contribution in [2.24, 2.45) is 17.8 Å². The van der Waals surface area contributed by atoms with Gasteiger partial charge in [0.2, 0.25) is 11.8 Å². The molecule has 0 bridgehead atoms. The molecule has 4 unspecified atom stereocenters. The number of fused-ring (bicyclic) bond motifs is 3. The largest absolute Gasteiger partial charge is 0.508 e. The second-order valence-corrected chi connectivity index (χ2v) is 8.81. The fraction of sp³-hybridized carbons (Fsp3) is 0.320. The molecule has 33 heavy (non-hydrogen) atoms. The minimum Gasteiger partial charge on any atom is -0.508 e. The van der Waals surface area contributed by atoms with Gasteiger partial charge in [0.05, 0.1) is 18.9 Å². The lowest BCUT2D eigenvalue weighted by atomic mass is 9.59. The number of likely N-dealkylation sites (tertiary alicyclic amines) is 1. The maximum Gasteiger partial charge on any atom is 0.423 e. The summed E-state index contributed by atoms with van der Waals surface area (Å²) in [5.41, 5.74) is 2.36. The molecule has 1 fully saturated rings. The Balaban J connectivity index is 1.68. The van der Waals surface area contributed by atoms with E-state index in [0.717, 1.165) is 12.7 Å². The van der Waals surface area contributed by atoms with Gasteiger partial charge in [-0.1, -0.05) is 23.8 Å². The van der Waals surface area contributed by atoms with Crippen LogP contribution in [0.25, 0.3) is 0 Å². The topological polar surface area (TPSA) is 118 Å². The molecule has 4 atom stereocenters. The van der Waals surface area contributed by atoms with Crippen LogP contribution in [0.5, 0.6) is 5.75 Å². The second kappa shape index (κ2) is 7.37. The third kappa shape index (κ3) is 2.93. The van der Waals surface area contributed by atoms with Crippen molar-refractivity contribution in [2.75, 3.05) is 7.11 Å². The molecule has 8 nitrogen and oxygen atoms in total. The van der Waals surface area contributed by atoms with Crippen molar-refractivity contribution < 1.29 is 33.8 Å². The molecule has 3 amide bonds. The number of allylic oxidation sites excluding steroid dienone is 6. The monoisotopic (exact) mass is 447 g/mol. The Labute approximate surface area is 189 Å². The molecule has 1 N–H and O–H groups in total. The Kier molecular flexibility index (Phi) is 4.70. The van der Waals surface area contributed by atoms with Crippen LogP contribution in [0, 0.1) is 17.8 Å². The number of benzene rings is 1. The van der Waals surface area contributed by atoms with Crippen LogP contribution in [0.1, 0.15) is 31.2 Å². The van der Waals surface area contributed by atoms with Gasteiger partial charge >= 0.3 is 6.09 Å². The first-order valence-electron chi connectivity index (χ1n) is 10.7. The van der Waals surface area contributed by atoms with Gasteiger partial charge in [0.15, 0.2) is 11.6 Å². The fourth-order valence-electron chi connectivity index (χ4n) is 5.74. The Morgan fingerprint density at radius 3 is 2.58 bits per heavy atom. The van der Waals surface area contributed by atoms with Gasteiger partial charge in [-0.3, -0.25) is 19.2 Å². The maximum atomic E-state index is 13.2. The first-order valence-corrected chi connectivity index (χ1v) is 10.7. The molecule has 0 saturated carbocycles. The van der Waals surface area contributed by atoms with Gasteiger partial charge in [0, 0.05) is 22.6 Å². The quantitative estimate of drug-likeness (QED) is 0.399. The van der Waals surface area contributed by atoms with E-state index in [2.05, 4.69) is 4.74 Å². The molecular weight excluding hydrogens is 426 g/mol. The summed E-state index contributed by atoms with van der Waals surface area (Å²) in [4.78, 5) is 65.0. The summed E-state index contributed by atoms with van der Waals surface area (Å²) in [6.07, 6.45) is 2.50. The van der Waals surface area contributed by atoms with Crippen LogP contribution in [-0.2, 0) is 23.9 Å². The first kappa shape index (κ1) is 21.1. The van der Waals surface area contributed by atoms with E-state index in [1.54, 1.807) is 19.1 Å². The van der Waals surface area contributed by atoms with E-state index in [4.69, 9.17) is 0 Å². The van der Waals surface area contributed by atoms with Crippen LogP contribution in [0.3, 0.4) is 0 Å². The Morgan fingerprint density at radius 1 is 1.12 bits per heavy atom. The molecule has 168 valence electrons. The van der Waals surface area contributed by atoms with Gasteiger partial charge < -0.3 is 9.84 Å². The molecule has 1 saturated heterocycles. The highest BCUT2D eigenvalue weighted by Crippen LogP contribution is 2.55. The van der Waals surface area contributed by atoms with Gasteiger partial charge in [0.1, 0.15) is 5.75 Å². The SMILES string of the molecule is COC(=O)N1C(=O)C2CC=C3C(c4cccc(O)c4)C4=C(CC3C2C1=O)C(=O)C(C)=CC4=O. The van der Waals surface area contributed by atoms with Crippen molar-refractivity contribution in [3.63, 3.8) is 0 Å². The number of ether oxygens (including phenoxy) is 1. The zero-order valence-corrected chi connectivity index (χ0v) is 18.0. The number of ketones is 2. The smallest absolute Gasteiger partial charge is 0.423 e.